The van der Waals surface area contributed by atoms with Crippen LogP contribution in [0.1, 0.15) is 16.8 Å². The van der Waals surface area contributed by atoms with E-state index in [-0.39, 0.29) is 16.8 Å². The number of pyridine rings is 1. The Balaban J connectivity index is 1.24. The van der Waals surface area contributed by atoms with Gasteiger partial charge in [0.05, 0.1) is 10.3 Å². The molecule has 0 unspecified atom stereocenters. The van der Waals surface area contributed by atoms with E-state index in [2.05, 4.69) is 9.97 Å². The van der Waals surface area contributed by atoms with Crippen molar-refractivity contribution in [2.24, 2.45) is 0 Å². The number of rotatable bonds is 3. The van der Waals surface area contributed by atoms with E-state index in [0.717, 1.165) is 41.7 Å². The van der Waals surface area contributed by atoms with Crippen LogP contribution in [0.15, 0.2) is 54.9 Å². The standard InChI is InChI=1S/C20H19N3O2S/c24-19(16-10-22-17-6-2-1-5-15(16)17)23-12-20(13-23)9-14(11-26-20)25-18-7-3-4-8-21-18/h1-8,10,14,22H,9,11-13H2/t14-/m1/s1. The van der Waals surface area contributed by atoms with Crippen molar-refractivity contribution >= 4 is 28.6 Å². The van der Waals surface area contributed by atoms with Gasteiger partial charge in [0.25, 0.3) is 5.91 Å². The van der Waals surface area contributed by atoms with Gasteiger partial charge in [-0.1, -0.05) is 24.3 Å². The Morgan fingerprint density at radius 3 is 2.92 bits per heavy atom. The van der Waals surface area contributed by atoms with Crippen molar-refractivity contribution in [1.29, 1.82) is 0 Å². The molecule has 2 aromatic heterocycles. The van der Waals surface area contributed by atoms with Gasteiger partial charge in [0.1, 0.15) is 6.10 Å². The zero-order chi connectivity index (χ0) is 17.6. The number of aromatic amines is 1. The molecule has 2 aliphatic rings. The first-order chi connectivity index (χ1) is 12.7. The maximum Gasteiger partial charge on any atom is 0.256 e. The maximum absolute atomic E-state index is 12.9. The van der Waals surface area contributed by atoms with Crippen LogP contribution in [0, 0.1) is 0 Å². The van der Waals surface area contributed by atoms with Gasteiger partial charge in [-0.15, -0.1) is 11.8 Å². The Morgan fingerprint density at radius 1 is 1.23 bits per heavy atom. The molecule has 1 amide bonds. The fraction of sp³-hybridized carbons (Fsp3) is 0.300. The van der Waals surface area contributed by atoms with Gasteiger partial charge in [0, 0.05) is 54.6 Å². The molecule has 4 heterocycles. The fourth-order valence-corrected chi connectivity index (χ4v) is 5.42. The van der Waals surface area contributed by atoms with Gasteiger partial charge in [-0.2, -0.15) is 0 Å². The van der Waals surface area contributed by atoms with Crippen molar-refractivity contribution in [1.82, 2.24) is 14.9 Å². The zero-order valence-electron chi connectivity index (χ0n) is 14.2. The van der Waals surface area contributed by atoms with E-state index >= 15 is 0 Å². The number of likely N-dealkylation sites (tertiary alicyclic amines) is 1. The number of nitrogens with one attached hydrogen (secondary N) is 1. The van der Waals surface area contributed by atoms with Crippen molar-refractivity contribution in [2.45, 2.75) is 17.3 Å². The number of thioether (sulfide) groups is 1. The number of benzene rings is 1. The van der Waals surface area contributed by atoms with Gasteiger partial charge in [-0.3, -0.25) is 4.79 Å². The highest BCUT2D eigenvalue weighted by atomic mass is 32.2. The van der Waals surface area contributed by atoms with E-state index in [1.807, 2.05) is 65.3 Å². The van der Waals surface area contributed by atoms with Crippen LogP contribution in [0.3, 0.4) is 0 Å². The minimum atomic E-state index is 0.114. The average Bonchev–Trinajstić information content (AvgIpc) is 3.25. The number of nitrogens with zero attached hydrogens (tertiary/aromatic N) is 2. The van der Waals surface area contributed by atoms with Gasteiger partial charge in [0.2, 0.25) is 5.88 Å². The van der Waals surface area contributed by atoms with Crippen LogP contribution in [-0.2, 0) is 0 Å². The number of hydrogen-bond acceptors (Lipinski definition) is 4. The number of ether oxygens (including phenoxy) is 1. The molecule has 3 aromatic rings. The highest BCUT2D eigenvalue weighted by Gasteiger charge is 2.51. The summed E-state index contributed by atoms with van der Waals surface area (Å²) < 4.78 is 6.13. The Labute approximate surface area is 155 Å². The molecule has 132 valence electrons. The van der Waals surface area contributed by atoms with Gasteiger partial charge < -0.3 is 14.6 Å². The quantitative estimate of drug-likeness (QED) is 0.773. The van der Waals surface area contributed by atoms with Gasteiger partial charge >= 0.3 is 0 Å². The molecule has 1 aromatic carbocycles. The average molecular weight is 365 g/mol. The molecule has 0 radical (unpaired) electrons. The molecule has 0 bridgehead atoms. The Morgan fingerprint density at radius 2 is 2.08 bits per heavy atom. The third-order valence-corrected chi connectivity index (χ3v) is 6.74. The molecule has 0 aliphatic carbocycles. The first-order valence-corrected chi connectivity index (χ1v) is 9.78. The molecule has 1 atom stereocenters. The number of para-hydroxylation sites is 1. The predicted molar refractivity (Wildman–Crippen MR) is 103 cm³/mol. The molecular formula is C20H19N3O2S. The third-order valence-electron chi connectivity index (χ3n) is 5.17. The molecule has 26 heavy (non-hydrogen) atoms. The number of amides is 1. The number of aromatic nitrogens is 2. The van der Waals surface area contributed by atoms with E-state index in [9.17, 15) is 4.79 Å². The summed E-state index contributed by atoms with van der Waals surface area (Å²) in [5, 5.41) is 0.994. The first-order valence-electron chi connectivity index (χ1n) is 8.80. The highest BCUT2D eigenvalue weighted by Crippen LogP contribution is 2.46. The molecule has 2 fully saturated rings. The van der Waals surface area contributed by atoms with Gasteiger partial charge in [-0.05, 0) is 12.1 Å². The molecule has 2 aliphatic heterocycles. The summed E-state index contributed by atoms with van der Waals surface area (Å²) >= 11 is 1.93. The summed E-state index contributed by atoms with van der Waals surface area (Å²) in [4.78, 5) is 22.2. The van der Waals surface area contributed by atoms with E-state index in [0.29, 0.717) is 5.88 Å². The van der Waals surface area contributed by atoms with Crippen LogP contribution in [-0.4, -0.2) is 50.5 Å². The Kier molecular flexibility index (Phi) is 3.67. The van der Waals surface area contributed by atoms with E-state index < -0.39 is 0 Å². The number of H-pyrrole nitrogens is 1. The number of hydrogen-bond donors (Lipinski definition) is 1. The van der Waals surface area contributed by atoms with Crippen molar-refractivity contribution in [2.75, 3.05) is 18.8 Å². The first kappa shape index (κ1) is 15.8. The zero-order valence-corrected chi connectivity index (χ0v) is 15.0. The molecular weight excluding hydrogens is 346 g/mol. The molecule has 1 spiro atoms. The summed E-state index contributed by atoms with van der Waals surface area (Å²) in [5.41, 5.74) is 1.77. The number of carbonyl (C=O) groups excluding carboxylic acids is 1. The second kappa shape index (κ2) is 6.06. The molecule has 0 saturated carbocycles. The van der Waals surface area contributed by atoms with E-state index in [4.69, 9.17) is 4.74 Å². The van der Waals surface area contributed by atoms with Crippen molar-refractivity contribution in [3.05, 3.63) is 60.4 Å². The van der Waals surface area contributed by atoms with E-state index in [1.54, 1.807) is 6.20 Å². The van der Waals surface area contributed by atoms with Gasteiger partial charge in [0.15, 0.2) is 0 Å². The van der Waals surface area contributed by atoms with Crippen molar-refractivity contribution in [3.63, 3.8) is 0 Å². The lowest BCUT2D eigenvalue weighted by molar-refractivity contribution is 0.0518. The summed E-state index contributed by atoms with van der Waals surface area (Å²) in [6, 6.07) is 13.7. The monoisotopic (exact) mass is 365 g/mol. The summed E-state index contributed by atoms with van der Waals surface area (Å²) in [7, 11) is 0. The van der Waals surface area contributed by atoms with E-state index in [1.165, 1.54) is 0 Å². The lowest BCUT2D eigenvalue weighted by atomic mass is 9.92. The number of fused-ring (bicyclic) bond motifs is 1. The van der Waals surface area contributed by atoms with Crippen LogP contribution >= 0.6 is 11.8 Å². The molecule has 2 saturated heterocycles. The largest absolute Gasteiger partial charge is 0.473 e. The molecule has 5 rings (SSSR count). The maximum atomic E-state index is 12.9. The van der Waals surface area contributed by atoms with Crippen LogP contribution in [0.25, 0.3) is 10.9 Å². The topological polar surface area (TPSA) is 58.2 Å². The lowest BCUT2D eigenvalue weighted by Crippen LogP contribution is -2.60. The van der Waals surface area contributed by atoms with Gasteiger partial charge in [-0.25, -0.2) is 4.98 Å². The molecule has 6 heteroatoms. The Hall–Kier alpha value is -2.47. The summed E-state index contributed by atoms with van der Waals surface area (Å²) in [6.45, 7) is 1.58. The second-order valence-corrected chi connectivity index (χ2v) is 8.50. The molecule has 1 N–H and O–H groups in total. The number of carbonyl (C=O) groups is 1. The molecule has 5 nitrogen and oxygen atoms in total. The van der Waals surface area contributed by atoms with Crippen molar-refractivity contribution < 1.29 is 9.53 Å². The van der Waals surface area contributed by atoms with Crippen LogP contribution in [0.4, 0.5) is 0 Å². The third kappa shape index (κ3) is 2.65. The van der Waals surface area contributed by atoms with Crippen LogP contribution in [0.2, 0.25) is 0 Å². The second-order valence-electron chi connectivity index (χ2n) is 7.02. The minimum Gasteiger partial charge on any atom is -0.473 e. The smallest absolute Gasteiger partial charge is 0.256 e. The predicted octanol–water partition coefficient (Wildman–Crippen LogP) is 3.34. The fourth-order valence-electron chi connectivity index (χ4n) is 3.90. The highest BCUT2D eigenvalue weighted by molar-refractivity contribution is 8.01. The summed E-state index contributed by atoms with van der Waals surface area (Å²) in [6.07, 6.45) is 4.71. The van der Waals surface area contributed by atoms with Crippen molar-refractivity contribution in [3.8, 4) is 5.88 Å². The normalized spacial score (nSPS) is 21.1. The SMILES string of the molecule is O=C(c1c[nH]c2ccccc12)N1CC2(C[C@@H](Oc3ccccn3)CS2)C1. The van der Waals surface area contributed by atoms with Crippen LogP contribution in [0.5, 0.6) is 5.88 Å². The minimum absolute atomic E-state index is 0.114. The van der Waals surface area contributed by atoms with Crippen LogP contribution < -0.4 is 4.74 Å². The lowest BCUT2D eigenvalue weighted by Gasteiger charge is -2.47. The summed E-state index contributed by atoms with van der Waals surface area (Å²) in [5.74, 6) is 1.75. The Bertz CT molecular complexity index is 950.